The first-order valence-corrected chi connectivity index (χ1v) is 16.7. The fourth-order valence-electron chi connectivity index (χ4n) is 5.60. The number of nitrogens with zero attached hydrogens (tertiary/aromatic N) is 2. The van der Waals surface area contributed by atoms with Crippen LogP contribution in [0.3, 0.4) is 0 Å². The van der Waals surface area contributed by atoms with Crippen molar-refractivity contribution in [1.82, 2.24) is 20.6 Å². The van der Waals surface area contributed by atoms with Crippen LogP contribution in [-0.4, -0.2) is 81.8 Å². The molecule has 4 aromatic rings. The largest absolute Gasteiger partial charge is 0.481 e. The lowest BCUT2D eigenvalue weighted by Gasteiger charge is -2.17. The van der Waals surface area contributed by atoms with Crippen molar-refractivity contribution in [3.8, 4) is 34.6 Å². The van der Waals surface area contributed by atoms with Crippen LogP contribution in [0, 0.1) is 13.8 Å². The predicted molar refractivity (Wildman–Crippen MR) is 192 cm³/mol. The molecule has 278 valence electrons. The number of aliphatic hydroxyl groups excluding tert-OH is 2. The standard InChI is InChI=1S/C38H46N4O10/c1-23-27(21-51-33-13-11-25(35(41-33)49-3)19-39-31(15-17-43)37(45)46)7-5-9-29(23)30-10-6-8-28(24(30)2)22-52-34-14-12-26(36(42-34)50-4)20-40-32(16-18-44)38(47)48/h5-14,31-32,39-40,43-44H,15-22H2,1-4H3,(H,45,46)(H,47,48). The number of hydrogen-bond donors (Lipinski definition) is 6. The first kappa shape index (κ1) is 39.5. The Kier molecular flexibility index (Phi) is 14.7. The van der Waals surface area contributed by atoms with Gasteiger partial charge in [0.1, 0.15) is 25.3 Å². The number of pyridine rings is 2. The van der Waals surface area contributed by atoms with Gasteiger partial charge in [-0.15, -0.1) is 0 Å². The van der Waals surface area contributed by atoms with E-state index in [1.165, 1.54) is 14.2 Å². The topological polar surface area (TPSA) is 202 Å². The minimum atomic E-state index is -1.05. The molecule has 2 aromatic heterocycles. The molecule has 0 saturated carbocycles. The molecule has 0 aliphatic rings. The highest BCUT2D eigenvalue weighted by Gasteiger charge is 2.19. The third-order valence-corrected chi connectivity index (χ3v) is 8.66. The van der Waals surface area contributed by atoms with Crippen LogP contribution in [0.25, 0.3) is 11.1 Å². The summed E-state index contributed by atoms with van der Waals surface area (Å²) in [5.74, 6) is -0.770. The minimum absolute atomic E-state index is 0.0798. The molecule has 0 amide bonds. The second-order valence-electron chi connectivity index (χ2n) is 12.0. The summed E-state index contributed by atoms with van der Waals surface area (Å²) in [6, 6.07) is 17.2. The third-order valence-electron chi connectivity index (χ3n) is 8.66. The summed E-state index contributed by atoms with van der Waals surface area (Å²) in [6.07, 6.45) is 0.160. The average Bonchev–Trinajstić information content (AvgIpc) is 3.14. The molecular weight excluding hydrogens is 672 g/mol. The Hall–Kier alpha value is -5.28. The van der Waals surface area contributed by atoms with Gasteiger partial charge in [-0.25, -0.2) is 0 Å². The predicted octanol–water partition coefficient (Wildman–Crippen LogP) is 3.79. The Morgan fingerprint density at radius 2 is 1.04 bits per heavy atom. The summed E-state index contributed by atoms with van der Waals surface area (Å²) >= 11 is 0. The number of carboxylic acids is 2. The van der Waals surface area contributed by atoms with E-state index < -0.39 is 24.0 Å². The zero-order chi connectivity index (χ0) is 37.6. The molecule has 0 spiro atoms. The monoisotopic (exact) mass is 718 g/mol. The lowest BCUT2D eigenvalue weighted by atomic mass is 9.92. The molecule has 0 saturated heterocycles. The summed E-state index contributed by atoms with van der Waals surface area (Å²) < 4.78 is 23.0. The molecule has 0 aliphatic heterocycles. The van der Waals surface area contributed by atoms with Crippen LogP contribution in [-0.2, 0) is 35.9 Å². The Balaban J connectivity index is 1.43. The summed E-state index contributed by atoms with van der Waals surface area (Å²) in [5.41, 5.74) is 7.41. The van der Waals surface area contributed by atoms with Gasteiger partial charge in [-0.05, 0) is 72.2 Å². The van der Waals surface area contributed by atoms with E-state index in [9.17, 15) is 19.8 Å². The van der Waals surface area contributed by atoms with Crippen molar-refractivity contribution in [2.24, 2.45) is 0 Å². The number of ether oxygens (including phenoxy) is 4. The number of aliphatic hydroxyl groups is 2. The lowest BCUT2D eigenvalue weighted by Crippen LogP contribution is -2.37. The number of nitrogens with one attached hydrogen (secondary N) is 2. The molecule has 2 unspecified atom stereocenters. The van der Waals surface area contributed by atoms with E-state index in [-0.39, 0.29) is 52.4 Å². The molecule has 0 fully saturated rings. The Labute approximate surface area is 302 Å². The fraction of sp³-hybridized carbons (Fsp3) is 0.368. The van der Waals surface area contributed by atoms with Gasteiger partial charge >= 0.3 is 11.9 Å². The van der Waals surface area contributed by atoms with E-state index in [0.29, 0.717) is 34.6 Å². The van der Waals surface area contributed by atoms with Crippen LogP contribution in [0.15, 0.2) is 60.7 Å². The van der Waals surface area contributed by atoms with Gasteiger partial charge in [-0.1, -0.05) is 36.4 Å². The SMILES string of the molecule is COc1nc(OCc2cccc(-c3cccc(COc4ccc(CNC(CCO)C(=O)O)c(OC)n4)c3C)c2C)ccc1CNC(CCO)C(=O)O. The number of aromatic nitrogens is 2. The van der Waals surface area contributed by atoms with Gasteiger partial charge in [-0.3, -0.25) is 9.59 Å². The number of aliphatic carboxylic acids is 2. The van der Waals surface area contributed by atoms with Crippen molar-refractivity contribution >= 4 is 11.9 Å². The maximum atomic E-state index is 11.4. The zero-order valence-electron chi connectivity index (χ0n) is 29.7. The summed E-state index contributed by atoms with van der Waals surface area (Å²) in [7, 11) is 2.97. The number of methoxy groups -OCH3 is 2. The van der Waals surface area contributed by atoms with E-state index in [2.05, 4.69) is 32.7 Å². The normalized spacial score (nSPS) is 12.2. The maximum absolute atomic E-state index is 11.4. The van der Waals surface area contributed by atoms with Crippen molar-refractivity contribution in [3.63, 3.8) is 0 Å². The van der Waals surface area contributed by atoms with Crippen molar-refractivity contribution < 1.29 is 49.0 Å². The van der Waals surface area contributed by atoms with Crippen LogP contribution in [0.4, 0.5) is 0 Å². The van der Waals surface area contributed by atoms with E-state index in [1.807, 2.05) is 38.1 Å². The molecule has 2 aromatic carbocycles. The minimum Gasteiger partial charge on any atom is -0.481 e. The van der Waals surface area contributed by atoms with E-state index >= 15 is 0 Å². The highest BCUT2D eigenvalue weighted by molar-refractivity contribution is 5.74. The molecule has 2 heterocycles. The highest BCUT2D eigenvalue weighted by Crippen LogP contribution is 2.32. The van der Waals surface area contributed by atoms with Gasteiger partial charge in [0.05, 0.1) is 14.2 Å². The molecule has 6 N–H and O–H groups in total. The first-order valence-electron chi connectivity index (χ1n) is 16.7. The van der Waals surface area contributed by atoms with Gasteiger partial charge in [-0.2, -0.15) is 9.97 Å². The molecule has 4 rings (SSSR count). The third kappa shape index (κ3) is 10.4. The quantitative estimate of drug-likeness (QED) is 0.0727. The second kappa shape index (κ2) is 19.4. The maximum Gasteiger partial charge on any atom is 0.320 e. The fourth-order valence-corrected chi connectivity index (χ4v) is 5.60. The van der Waals surface area contributed by atoms with Gasteiger partial charge < -0.3 is 50.0 Å². The number of hydrogen-bond acceptors (Lipinski definition) is 12. The summed E-state index contributed by atoms with van der Waals surface area (Å²) in [6.45, 7) is 4.48. The molecule has 52 heavy (non-hydrogen) atoms. The molecule has 0 aliphatic carbocycles. The van der Waals surface area contributed by atoms with Crippen LogP contribution in [0.2, 0.25) is 0 Å². The molecule has 14 heteroatoms. The molecular formula is C38H46N4O10. The first-order chi connectivity index (χ1) is 25.1. The van der Waals surface area contributed by atoms with Gasteiger partial charge in [0.25, 0.3) is 0 Å². The number of carboxylic acid groups (broad SMARTS) is 2. The van der Waals surface area contributed by atoms with Crippen LogP contribution >= 0.6 is 0 Å². The molecule has 0 radical (unpaired) electrons. The molecule has 2 atom stereocenters. The summed E-state index contributed by atoms with van der Waals surface area (Å²) in [4.78, 5) is 31.8. The molecule has 14 nitrogen and oxygen atoms in total. The van der Waals surface area contributed by atoms with Crippen molar-refractivity contribution in [1.29, 1.82) is 0 Å². The van der Waals surface area contributed by atoms with E-state index in [0.717, 1.165) is 33.4 Å². The van der Waals surface area contributed by atoms with Crippen molar-refractivity contribution in [2.45, 2.75) is 65.1 Å². The summed E-state index contributed by atoms with van der Waals surface area (Å²) in [5, 5.41) is 42.8. The Morgan fingerprint density at radius 3 is 1.38 bits per heavy atom. The number of carbonyl (C=O) groups is 2. The second-order valence-corrected chi connectivity index (χ2v) is 12.0. The molecule has 0 bridgehead atoms. The van der Waals surface area contributed by atoms with Crippen LogP contribution in [0.1, 0.15) is 46.2 Å². The number of rotatable bonds is 21. The smallest absolute Gasteiger partial charge is 0.320 e. The lowest BCUT2D eigenvalue weighted by molar-refractivity contribution is -0.140. The Bertz CT molecular complexity index is 1690. The van der Waals surface area contributed by atoms with Gasteiger partial charge in [0, 0.05) is 49.6 Å². The number of benzene rings is 2. The van der Waals surface area contributed by atoms with Crippen LogP contribution < -0.4 is 29.6 Å². The van der Waals surface area contributed by atoms with Crippen LogP contribution in [0.5, 0.6) is 23.5 Å². The van der Waals surface area contributed by atoms with Gasteiger partial charge in [0.2, 0.25) is 23.5 Å². The average molecular weight is 719 g/mol. The highest BCUT2D eigenvalue weighted by atomic mass is 16.5. The van der Waals surface area contributed by atoms with E-state index in [1.54, 1.807) is 24.3 Å². The Morgan fingerprint density at radius 1 is 0.635 bits per heavy atom. The van der Waals surface area contributed by atoms with Crippen molar-refractivity contribution in [2.75, 3.05) is 27.4 Å². The zero-order valence-corrected chi connectivity index (χ0v) is 29.7. The van der Waals surface area contributed by atoms with Gasteiger partial charge in [0.15, 0.2) is 0 Å². The van der Waals surface area contributed by atoms with Crippen molar-refractivity contribution in [3.05, 3.63) is 94.0 Å². The van der Waals surface area contributed by atoms with E-state index in [4.69, 9.17) is 29.2 Å².